The Kier molecular flexibility index (Phi) is 27.2. The van der Waals surface area contributed by atoms with Crippen LogP contribution in [-0.2, 0) is 38.2 Å². The minimum atomic E-state index is -0.493. The monoisotopic (exact) mass is 698 g/mol. The van der Waals surface area contributed by atoms with Gasteiger partial charge in [-0.3, -0.25) is 24.0 Å². The predicted octanol–water partition coefficient (Wildman–Crippen LogP) is 7.46. The second-order valence-corrected chi connectivity index (χ2v) is 12.3. The van der Waals surface area contributed by atoms with Crippen LogP contribution in [0.5, 0.6) is 0 Å². The lowest BCUT2D eigenvalue weighted by Gasteiger charge is -2.24. The van der Waals surface area contributed by atoms with Gasteiger partial charge in [0.05, 0.1) is 12.1 Å². The lowest BCUT2D eigenvalue weighted by atomic mass is 10.0. The fourth-order valence-corrected chi connectivity index (χ4v) is 5.00. The van der Waals surface area contributed by atoms with E-state index in [1.807, 2.05) is 43.4 Å². The van der Waals surface area contributed by atoms with E-state index in [4.69, 9.17) is 14.2 Å². The summed E-state index contributed by atoms with van der Waals surface area (Å²) in [6, 6.07) is -0.531. The Balaban J connectivity index is 4.30. The lowest BCUT2D eigenvalue weighted by molar-refractivity contribution is -0.149. The normalized spacial score (nSPS) is 15.1. The highest BCUT2D eigenvalue weighted by Gasteiger charge is 2.21. The van der Waals surface area contributed by atoms with E-state index < -0.39 is 18.2 Å². The zero-order valence-corrected chi connectivity index (χ0v) is 31.4. The maximum Gasteiger partial charge on any atom is 0.303 e. The molecule has 0 aliphatic rings. The number of carbonyl (C=O) groups excluding carboxylic acids is 5. The van der Waals surface area contributed by atoms with Crippen LogP contribution in [0.15, 0.2) is 72.9 Å². The van der Waals surface area contributed by atoms with Gasteiger partial charge in [0.1, 0.15) is 18.3 Å². The molecule has 0 aromatic heterocycles. The summed E-state index contributed by atoms with van der Waals surface area (Å²) >= 11 is 0. The Morgan fingerprint density at radius 2 is 1.00 bits per heavy atom. The van der Waals surface area contributed by atoms with Crippen molar-refractivity contribution in [2.45, 2.75) is 149 Å². The quantitative estimate of drug-likeness (QED) is 0.0312. The van der Waals surface area contributed by atoms with E-state index in [0.717, 1.165) is 57.8 Å². The van der Waals surface area contributed by atoms with Crippen molar-refractivity contribution < 1.29 is 38.2 Å². The van der Waals surface area contributed by atoms with Crippen LogP contribution in [-0.4, -0.2) is 60.1 Å². The van der Waals surface area contributed by atoms with Crippen molar-refractivity contribution in [2.24, 2.45) is 0 Å². The third-order valence-corrected chi connectivity index (χ3v) is 7.33. The molecule has 10 nitrogen and oxygen atoms in total. The summed E-state index contributed by atoms with van der Waals surface area (Å²) < 4.78 is 16.1. The maximum atomic E-state index is 11.5. The highest BCUT2D eigenvalue weighted by atomic mass is 16.6. The van der Waals surface area contributed by atoms with E-state index >= 15 is 0 Å². The molecule has 10 heteroatoms. The molecule has 0 aliphatic carbocycles. The van der Waals surface area contributed by atoms with E-state index in [9.17, 15) is 24.0 Å². The van der Waals surface area contributed by atoms with Crippen LogP contribution in [0.25, 0.3) is 0 Å². The van der Waals surface area contributed by atoms with Gasteiger partial charge in [0.25, 0.3) is 0 Å². The molecule has 0 radical (unpaired) electrons. The summed E-state index contributed by atoms with van der Waals surface area (Å²) in [5.41, 5.74) is 0. The van der Waals surface area contributed by atoms with E-state index in [0.29, 0.717) is 12.8 Å². The van der Waals surface area contributed by atoms with Crippen molar-refractivity contribution in [1.29, 1.82) is 0 Å². The number of hydrogen-bond donors (Lipinski definition) is 2. The second kappa shape index (κ2) is 29.7. The Bertz CT molecular complexity index is 1180. The van der Waals surface area contributed by atoms with Crippen molar-refractivity contribution >= 4 is 29.7 Å². The number of rotatable bonds is 26. The molecule has 5 atom stereocenters. The predicted molar refractivity (Wildman–Crippen MR) is 199 cm³/mol. The second-order valence-electron chi connectivity index (χ2n) is 12.3. The molecule has 0 saturated heterocycles. The molecular weight excluding hydrogens is 636 g/mol. The number of allylic oxidation sites excluding steroid dienone is 9. The minimum Gasteiger partial charge on any atom is -0.460 e. The SMILES string of the molecule is CC(=O)N[C@H](C)[C@H](C/C=C\CC(/C=C/C=C\C/C=C\C/C=C\C/C=C\CCCCCC[C@H](OC(C)=O)[C@@H](C)NC(C)=O)OC(C)=O)OC(C)=O. The van der Waals surface area contributed by atoms with Gasteiger partial charge in [-0.2, -0.15) is 0 Å². The van der Waals surface area contributed by atoms with Gasteiger partial charge in [-0.25, -0.2) is 0 Å². The smallest absolute Gasteiger partial charge is 0.303 e. The molecule has 2 N–H and O–H groups in total. The third kappa shape index (κ3) is 28.8. The molecule has 0 aromatic carbocycles. The maximum absolute atomic E-state index is 11.5. The Morgan fingerprint density at radius 3 is 1.56 bits per heavy atom. The van der Waals surface area contributed by atoms with Crippen LogP contribution < -0.4 is 10.6 Å². The van der Waals surface area contributed by atoms with Crippen LogP contribution in [0.3, 0.4) is 0 Å². The summed E-state index contributed by atoms with van der Waals surface area (Å²) in [6.45, 7) is 10.6. The number of ether oxygens (including phenoxy) is 3. The molecule has 0 aromatic rings. The van der Waals surface area contributed by atoms with Crippen molar-refractivity contribution in [3.8, 4) is 0 Å². The molecular formula is C40H62N2O8. The Labute approximate surface area is 300 Å². The fraction of sp³-hybridized carbons (Fsp3) is 0.575. The van der Waals surface area contributed by atoms with Crippen molar-refractivity contribution in [1.82, 2.24) is 10.6 Å². The molecule has 0 spiro atoms. The van der Waals surface area contributed by atoms with Crippen LogP contribution in [0.2, 0.25) is 0 Å². The minimum absolute atomic E-state index is 0.124. The summed E-state index contributed by atoms with van der Waals surface area (Å²) in [6.07, 6.45) is 32.6. The topological polar surface area (TPSA) is 137 Å². The van der Waals surface area contributed by atoms with Gasteiger partial charge in [-0.1, -0.05) is 79.7 Å². The molecule has 0 rings (SSSR count). The van der Waals surface area contributed by atoms with Gasteiger partial charge in [-0.15, -0.1) is 0 Å². The standard InChI is InChI=1S/C40H62N2O8/c1-31(41-33(3)43)39(49-36(6)46)29-24-22-20-18-16-14-12-10-8-9-11-13-15-17-19-21-23-27-38(48-35(5)45)28-25-26-30-40(50-37(7)47)32(2)42-34(4)44/h8-9,12-15,19,21,23,25-27,31-32,38-40H,10-11,16-18,20,22,24,28-30H2,1-7H3,(H,41,43)(H,42,44)/b9-8-,14-12-,15-13-,21-19-,26-25-,27-23+/t31-,32-,38?,39+,40+/m1/s1. The van der Waals surface area contributed by atoms with Crippen molar-refractivity contribution in [3.05, 3.63) is 72.9 Å². The Morgan fingerprint density at radius 1 is 0.520 bits per heavy atom. The molecule has 0 fully saturated rings. The zero-order chi connectivity index (χ0) is 37.6. The molecule has 50 heavy (non-hydrogen) atoms. The Hall–Kier alpha value is -4.21. The number of carbonyl (C=O) groups is 5. The summed E-state index contributed by atoms with van der Waals surface area (Å²) in [4.78, 5) is 57.0. The number of amides is 2. The van der Waals surface area contributed by atoms with Crippen LogP contribution >= 0.6 is 0 Å². The first kappa shape index (κ1) is 45.8. The van der Waals surface area contributed by atoms with Gasteiger partial charge in [0.2, 0.25) is 11.8 Å². The van der Waals surface area contributed by atoms with Gasteiger partial charge >= 0.3 is 17.9 Å². The van der Waals surface area contributed by atoms with Gasteiger partial charge < -0.3 is 24.8 Å². The highest BCUT2D eigenvalue weighted by Crippen LogP contribution is 2.14. The number of hydrogen-bond acceptors (Lipinski definition) is 8. The third-order valence-electron chi connectivity index (χ3n) is 7.33. The van der Waals surface area contributed by atoms with Crippen LogP contribution in [0.4, 0.5) is 0 Å². The van der Waals surface area contributed by atoms with Crippen molar-refractivity contribution in [2.75, 3.05) is 0 Å². The molecule has 280 valence electrons. The van der Waals surface area contributed by atoms with E-state index in [-0.39, 0.29) is 41.9 Å². The molecule has 1 unspecified atom stereocenters. The summed E-state index contributed by atoms with van der Waals surface area (Å²) in [5, 5.41) is 5.56. The summed E-state index contributed by atoms with van der Waals surface area (Å²) in [5.74, 6) is -1.43. The molecule has 0 heterocycles. The first-order valence-electron chi connectivity index (χ1n) is 17.8. The number of nitrogens with one attached hydrogen (secondary N) is 2. The molecule has 2 amide bonds. The van der Waals surface area contributed by atoms with E-state index in [1.165, 1.54) is 34.6 Å². The van der Waals surface area contributed by atoms with Crippen molar-refractivity contribution in [3.63, 3.8) is 0 Å². The fourth-order valence-electron chi connectivity index (χ4n) is 5.00. The first-order valence-corrected chi connectivity index (χ1v) is 17.8. The number of unbranched alkanes of at least 4 members (excludes halogenated alkanes) is 4. The van der Waals surface area contributed by atoms with E-state index in [2.05, 4.69) is 47.1 Å². The van der Waals surface area contributed by atoms with Gasteiger partial charge in [0.15, 0.2) is 0 Å². The van der Waals surface area contributed by atoms with Crippen LogP contribution in [0, 0.1) is 0 Å². The van der Waals surface area contributed by atoms with Gasteiger partial charge in [0, 0.05) is 47.5 Å². The van der Waals surface area contributed by atoms with Crippen LogP contribution in [0.1, 0.15) is 119 Å². The number of esters is 3. The molecule has 0 bridgehead atoms. The highest BCUT2D eigenvalue weighted by molar-refractivity contribution is 5.73. The first-order chi connectivity index (χ1) is 23.8. The average Bonchev–Trinajstić information content (AvgIpc) is 3.01. The molecule has 0 saturated carbocycles. The van der Waals surface area contributed by atoms with E-state index in [1.54, 1.807) is 6.92 Å². The zero-order valence-electron chi connectivity index (χ0n) is 31.4. The van der Waals surface area contributed by atoms with Gasteiger partial charge in [-0.05, 0) is 64.9 Å². The summed E-state index contributed by atoms with van der Waals surface area (Å²) in [7, 11) is 0. The molecule has 0 aliphatic heterocycles. The lowest BCUT2D eigenvalue weighted by Crippen LogP contribution is -2.42. The average molecular weight is 699 g/mol. The largest absolute Gasteiger partial charge is 0.460 e.